The Morgan fingerprint density at radius 3 is 2.27 bits per heavy atom. The van der Waals surface area contributed by atoms with E-state index in [1.54, 1.807) is 24.3 Å². The molecule has 0 bridgehead atoms. The van der Waals surface area contributed by atoms with Crippen LogP contribution in [0.2, 0.25) is 0 Å². The molecular formula is C32H36F2N3O7+. The molecule has 0 fully saturated rings. The number of para-hydroxylation sites is 2. The second-order valence-corrected chi connectivity index (χ2v) is 9.79. The van der Waals surface area contributed by atoms with Crippen molar-refractivity contribution in [2.45, 2.75) is 32.8 Å². The van der Waals surface area contributed by atoms with Crippen molar-refractivity contribution in [2.75, 3.05) is 31.6 Å². The molecule has 3 aromatic carbocycles. The largest absolute Gasteiger partial charge is 0.593 e. The van der Waals surface area contributed by atoms with E-state index in [2.05, 4.69) is 17.2 Å². The molecular weight excluding hydrogens is 576 g/mol. The third-order valence-corrected chi connectivity index (χ3v) is 6.35. The molecule has 0 radical (unpaired) electrons. The van der Waals surface area contributed by atoms with Gasteiger partial charge in [0.05, 0.1) is 31.8 Å². The fourth-order valence-electron chi connectivity index (χ4n) is 4.19. The molecule has 0 heterocycles. The van der Waals surface area contributed by atoms with Crippen molar-refractivity contribution >= 4 is 29.0 Å². The molecule has 5 N–H and O–H groups in total. The normalized spacial score (nSPS) is 11.4. The highest BCUT2D eigenvalue weighted by Gasteiger charge is 2.23. The number of anilines is 1. The number of amides is 2. The van der Waals surface area contributed by atoms with Crippen molar-refractivity contribution in [3.63, 3.8) is 0 Å². The van der Waals surface area contributed by atoms with E-state index in [4.69, 9.17) is 14.7 Å². The molecule has 0 saturated heterocycles. The van der Waals surface area contributed by atoms with Gasteiger partial charge in [-0.3, -0.25) is 19.2 Å². The molecule has 0 aliphatic heterocycles. The number of carbonyl (C=O) groups is 3. The first-order chi connectivity index (χ1) is 21.0. The maximum Gasteiger partial charge on any atom is 0.303 e. The van der Waals surface area contributed by atoms with E-state index < -0.39 is 35.5 Å². The van der Waals surface area contributed by atoms with Crippen LogP contribution >= 0.6 is 0 Å². The summed E-state index contributed by atoms with van der Waals surface area (Å²) in [5, 5.41) is 24.3. The highest BCUT2D eigenvalue weighted by atomic mass is 19.1. The Labute approximate surface area is 253 Å². The predicted molar refractivity (Wildman–Crippen MR) is 161 cm³/mol. The highest BCUT2D eigenvalue weighted by molar-refractivity contribution is 5.97. The molecule has 0 aromatic heterocycles. The summed E-state index contributed by atoms with van der Waals surface area (Å²) in [6.45, 7) is 6.80. The Hall–Kier alpha value is -4.97. The number of carbonyl (C=O) groups excluding carboxylic acids is 3. The van der Waals surface area contributed by atoms with E-state index in [9.17, 15) is 19.5 Å². The van der Waals surface area contributed by atoms with Crippen molar-refractivity contribution in [1.29, 1.82) is 0 Å². The lowest BCUT2D eigenvalue weighted by Gasteiger charge is -2.22. The number of phenols is 1. The van der Waals surface area contributed by atoms with Gasteiger partial charge in [0.25, 0.3) is 17.6 Å². The van der Waals surface area contributed by atoms with Crippen LogP contribution in [0.3, 0.4) is 0 Å². The first-order valence-corrected chi connectivity index (χ1v) is 13.9. The van der Waals surface area contributed by atoms with Crippen LogP contribution in [-0.4, -0.2) is 65.4 Å². The molecule has 2 amide bonds. The average Bonchev–Trinajstić information content (AvgIpc) is 2.98. The van der Waals surface area contributed by atoms with E-state index in [1.165, 1.54) is 31.2 Å². The van der Waals surface area contributed by atoms with Crippen LogP contribution in [0.4, 0.5) is 14.5 Å². The first kappa shape index (κ1) is 33.5. The Morgan fingerprint density at radius 1 is 1.02 bits per heavy atom. The monoisotopic (exact) mass is 612 g/mol. The van der Waals surface area contributed by atoms with Crippen LogP contribution in [0, 0.1) is 11.6 Å². The van der Waals surface area contributed by atoms with E-state index >= 15 is 8.78 Å². The minimum absolute atomic E-state index is 0.0125. The van der Waals surface area contributed by atoms with Gasteiger partial charge < -0.3 is 25.6 Å². The van der Waals surface area contributed by atoms with E-state index in [-0.39, 0.29) is 72.1 Å². The average molecular weight is 613 g/mol. The summed E-state index contributed by atoms with van der Waals surface area (Å²) >= 11 is 0. The molecule has 1 atom stereocenters. The quantitative estimate of drug-likeness (QED) is 0.128. The number of hydrogen-bond donors (Lipinski definition) is 3. The van der Waals surface area contributed by atoms with E-state index in [0.29, 0.717) is 6.42 Å². The summed E-state index contributed by atoms with van der Waals surface area (Å²) in [7, 11) is 0. The summed E-state index contributed by atoms with van der Waals surface area (Å²) in [6.07, 6.45) is -0.295. The van der Waals surface area contributed by atoms with E-state index in [0.717, 1.165) is 17.2 Å². The number of ether oxygens (including phenoxy) is 1. The van der Waals surface area contributed by atoms with Crippen molar-refractivity contribution < 1.29 is 43.0 Å². The van der Waals surface area contributed by atoms with Gasteiger partial charge in [-0.1, -0.05) is 37.8 Å². The van der Waals surface area contributed by atoms with Crippen molar-refractivity contribution in [1.82, 2.24) is 10.4 Å². The van der Waals surface area contributed by atoms with Crippen molar-refractivity contribution in [2.24, 2.45) is 0 Å². The molecule has 234 valence electrons. The number of aromatic hydroxyl groups is 1. The molecule has 0 aliphatic rings. The summed E-state index contributed by atoms with van der Waals surface area (Å²) in [5.41, 5.74) is -0.0469. The molecule has 0 saturated carbocycles. The predicted octanol–water partition coefficient (Wildman–Crippen LogP) is 4.77. The SMILES string of the molecule is C=C(CCN(OCCC)C(=O)c1ccccc1[OH2+])c1c(F)cc(NC[C@H](CNC(=O)c2ccccc2O)OC(C)=O)cc1F. The van der Waals surface area contributed by atoms with E-state index in [1.807, 2.05) is 6.92 Å². The Kier molecular flexibility index (Phi) is 12.2. The summed E-state index contributed by atoms with van der Waals surface area (Å²) in [5.74, 6) is -3.77. The molecule has 3 rings (SSSR count). The molecule has 3 aromatic rings. The molecule has 10 nitrogen and oxygen atoms in total. The van der Waals surface area contributed by atoms with Crippen LogP contribution in [0.25, 0.3) is 5.57 Å². The highest BCUT2D eigenvalue weighted by Crippen LogP contribution is 2.27. The van der Waals surface area contributed by atoms with Crippen LogP contribution in [0.15, 0.2) is 67.2 Å². The van der Waals surface area contributed by atoms with Gasteiger partial charge in [-0.05, 0) is 48.7 Å². The standard InChI is InChI=1S/C32H35F2N3O7/c1-4-15-43-37(32(42)25-10-6-8-12-29(25)40)14-13-20(2)30-26(33)16-22(17-27(30)34)35-18-23(44-21(3)38)19-36-31(41)24-9-5-7-11-28(24)39/h5-12,16-17,23,35,39-40H,2,4,13-15,18-19H2,1,3H3,(H,36,41)/p+1/t23-/m1/s1. The van der Waals surface area contributed by atoms with Crippen LogP contribution in [0.1, 0.15) is 53.0 Å². The number of phenolic OH excluding ortho intramolecular Hbond substituents is 1. The Bertz CT molecular complexity index is 1480. The third kappa shape index (κ3) is 9.27. The lowest BCUT2D eigenvalue weighted by Crippen LogP contribution is -2.38. The number of hydroxylamine groups is 2. The topological polar surface area (TPSA) is 140 Å². The van der Waals surface area contributed by atoms with Crippen LogP contribution in [0.5, 0.6) is 11.5 Å². The summed E-state index contributed by atoms with van der Waals surface area (Å²) < 4.78 is 35.5. The molecule has 44 heavy (non-hydrogen) atoms. The van der Waals surface area contributed by atoms with Crippen LogP contribution in [-0.2, 0) is 14.4 Å². The summed E-state index contributed by atoms with van der Waals surface area (Å²) in [4.78, 5) is 42.6. The van der Waals surface area contributed by atoms with Crippen molar-refractivity contribution in [3.05, 3.63) is 95.6 Å². The third-order valence-electron chi connectivity index (χ3n) is 6.35. The Morgan fingerprint density at radius 2 is 1.66 bits per heavy atom. The minimum atomic E-state index is -0.904. The summed E-state index contributed by atoms with van der Waals surface area (Å²) in [6, 6.07) is 14.3. The van der Waals surface area contributed by atoms with Crippen molar-refractivity contribution in [3.8, 4) is 11.5 Å². The van der Waals surface area contributed by atoms with Gasteiger partial charge >= 0.3 is 5.97 Å². The molecule has 12 heteroatoms. The zero-order chi connectivity index (χ0) is 32.2. The molecule has 0 spiro atoms. The van der Waals surface area contributed by atoms with Gasteiger partial charge in [0, 0.05) is 24.2 Å². The second kappa shape index (κ2) is 16.0. The van der Waals surface area contributed by atoms with Gasteiger partial charge in [0.15, 0.2) is 0 Å². The lowest BCUT2D eigenvalue weighted by atomic mass is 10.0. The van der Waals surface area contributed by atoms with Gasteiger partial charge in [-0.25, -0.2) is 13.8 Å². The first-order valence-electron chi connectivity index (χ1n) is 13.9. The minimum Gasteiger partial charge on any atom is -0.593 e. The maximum absolute atomic E-state index is 15.1. The fourth-order valence-corrected chi connectivity index (χ4v) is 4.19. The molecule has 0 unspecified atom stereocenters. The fraction of sp³-hybridized carbons (Fsp3) is 0.281. The zero-order valence-electron chi connectivity index (χ0n) is 24.5. The van der Waals surface area contributed by atoms with Gasteiger partial charge in [0.2, 0.25) is 0 Å². The number of rotatable bonds is 15. The lowest BCUT2D eigenvalue weighted by molar-refractivity contribution is -0.145. The zero-order valence-corrected chi connectivity index (χ0v) is 24.5. The van der Waals surface area contributed by atoms with Gasteiger partial charge in [-0.2, -0.15) is 0 Å². The number of halogens is 2. The maximum atomic E-state index is 15.1. The molecule has 0 aliphatic carbocycles. The Balaban J connectivity index is 1.65. The number of nitrogens with zero attached hydrogens (tertiary/aromatic N) is 1. The second-order valence-electron chi connectivity index (χ2n) is 9.79. The number of esters is 1. The smallest absolute Gasteiger partial charge is 0.303 e. The number of nitrogens with one attached hydrogen (secondary N) is 2. The number of hydrogen-bond acceptors (Lipinski definition) is 7. The van der Waals surface area contributed by atoms with Crippen LogP contribution < -0.4 is 10.6 Å². The number of benzene rings is 3. The van der Waals surface area contributed by atoms with Gasteiger partial charge in [-0.15, -0.1) is 0 Å². The van der Waals surface area contributed by atoms with Gasteiger partial charge in [0.1, 0.15) is 29.1 Å².